The summed E-state index contributed by atoms with van der Waals surface area (Å²) in [7, 11) is 2.11. The lowest BCUT2D eigenvalue weighted by molar-refractivity contribution is -0.114. The van der Waals surface area contributed by atoms with Crippen LogP contribution in [0.3, 0.4) is 0 Å². The van der Waals surface area contributed by atoms with Crippen LogP contribution in [0.1, 0.15) is 38.8 Å². The maximum Gasteiger partial charge on any atom is 0.223 e. The number of pyridine rings is 1. The van der Waals surface area contributed by atoms with E-state index in [9.17, 15) is 4.79 Å². The fraction of sp³-hybridized carbons (Fsp3) is 0.296. The number of anilines is 2. The maximum absolute atomic E-state index is 11.3. The first-order valence-electron chi connectivity index (χ1n) is 11.1. The number of thiazole rings is 1. The lowest BCUT2D eigenvalue weighted by Gasteiger charge is -2.21. The van der Waals surface area contributed by atoms with Gasteiger partial charge in [0.1, 0.15) is 0 Å². The molecule has 0 aliphatic carbocycles. The van der Waals surface area contributed by atoms with Gasteiger partial charge in [0.25, 0.3) is 0 Å². The first-order valence-corrected chi connectivity index (χ1v) is 11.9. The number of hydrogen-bond acceptors (Lipinski definition) is 5. The number of aromatic nitrogens is 2. The quantitative estimate of drug-likeness (QED) is 0.369. The van der Waals surface area contributed by atoms with E-state index in [0.717, 1.165) is 40.0 Å². The molecule has 0 bridgehead atoms. The van der Waals surface area contributed by atoms with E-state index in [1.165, 1.54) is 29.4 Å². The Labute approximate surface area is 199 Å². The number of rotatable bonds is 6. The molecule has 5 nitrogen and oxygen atoms in total. The highest BCUT2D eigenvalue weighted by molar-refractivity contribution is 7.22. The van der Waals surface area contributed by atoms with E-state index >= 15 is 0 Å². The molecule has 170 valence electrons. The molecule has 0 spiro atoms. The highest BCUT2D eigenvalue weighted by atomic mass is 32.1. The minimum atomic E-state index is -0.112. The van der Waals surface area contributed by atoms with Gasteiger partial charge in [-0.3, -0.25) is 9.78 Å². The number of amides is 1. The summed E-state index contributed by atoms with van der Waals surface area (Å²) in [4.78, 5) is 22.5. The minimum absolute atomic E-state index is 0.112. The van der Waals surface area contributed by atoms with E-state index < -0.39 is 0 Å². The third kappa shape index (κ3) is 5.57. The monoisotopic (exact) mass is 458 g/mol. The molecule has 0 saturated carbocycles. The molecule has 0 atom stereocenters. The normalized spacial score (nSPS) is 11.5. The lowest BCUT2D eigenvalue weighted by Crippen LogP contribution is -2.20. The van der Waals surface area contributed by atoms with Gasteiger partial charge in [-0.1, -0.05) is 62.4 Å². The van der Waals surface area contributed by atoms with Crippen LogP contribution in [-0.4, -0.2) is 29.5 Å². The molecule has 0 radical (unpaired) electrons. The molecule has 4 rings (SSSR count). The Balaban J connectivity index is 1.47. The molecule has 0 unspecified atom stereocenters. The third-order valence-electron chi connectivity index (χ3n) is 5.73. The van der Waals surface area contributed by atoms with Crippen LogP contribution < -0.4 is 10.2 Å². The van der Waals surface area contributed by atoms with E-state index in [4.69, 9.17) is 0 Å². The smallest absolute Gasteiger partial charge is 0.223 e. The van der Waals surface area contributed by atoms with E-state index in [0.29, 0.717) is 5.13 Å². The highest BCUT2D eigenvalue weighted by Crippen LogP contribution is 2.31. The van der Waals surface area contributed by atoms with Gasteiger partial charge in [0.15, 0.2) is 5.13 Å². The van der Waals surface area contributed by atoms with Crippen LogP contribution in [-0.2, 0) is 16.6 Å². The number of benzene rings is 2. The third-order valence-corrected chi connectivity index (χ3v) is 6.66. The van der Waals surface area contributed by atoms with Gasteiger partial charge >= 0.3 is 0 Å². The van der Waals surface area contributed by atoms with E-state index in [1.807, 2.05) is 18.5 Å². The van der Waals surface area contributed by atoms with Crippen molar-refractivity contribution in [1.29, 1.82) is 0 Å². The van der Waals surface area contributed by atoms with Crippen molar-refractivity contribution >= 4 is 38.3 Å². The molecule has 0 saturated heterocycles. The summed E-state index contributed by atoms with van der Waals surface area (Å²) in [5.41, 5.74) is 6.98. The number of carbonyl (C=O) groups is 1. The van der Waals surface area contributed by atoms with Crippen LogP contribution >= 0.6 is 11.3 Å². The van der Waals surface area contributed by atoms with Crippen molar-refractivity contribution in [3.63, 3.8) is 0 Å². The summed E-state index contributed by atoms with van der Waals surface area (Å²) in [6.07, 6.45) is 4.77. The van der Waals surface area contributed by atoms with Gasteiger partial charge in [0.05, 0.1) is 22.1 Å². The van der Waals surface area contributed by atoms with Crippen molar-refractivity contribution in [2.24, 2.45) is 0 Å². The average Bonchev–Trinajstić information content (AvgIpc) is 3.18. The van der Waals surface area contributed by atoms with Crippen molar-refractivity contribution in [3.8, 4) is 11.1 Å². The summed E-state index contributed by atoms with van der Waals surface area (Å²) in [5, 5.41) is 3.39. The van der Waals surface area contributed by atoms with Crippen LogP contribution in [0.15, 0.2) is 60.9 Å². The summed E-state index contributed by atoms with van der Waals surface area (Å²) in [6, 6.07) is 17.3. The molecule has 0 fully saturated rings. The number of nitrogens with zero attached hydrogens (tertiary/aromatic N) is 3. The summed E-state index contributed by atoms with van der Waals surface area (Å²) >= 11 is 1.48. The molecular weight excluding hydrogens is 428 g/mol. The van der Waals surface area contributed by atoms with Gasteiger partial charge in [-0.2, -0.15) is 0 Å². The Kier molecular flexibility index (Phi) is 6.47. The summed E-state index contributed by atoms with van der Waals surface area (Å²) < 4.78 is 1.04. The van der Waals surface area contributed by atoms with Crippen LogP contribution in [0.25, 0.3) is 21.3 Å². The maximum atomic E-state index is 11.3. The second-order valence-corrected chi connectivity index (χ2v) is 10.5. The molecular formula is C27H30N4OS. The van der Waals surface area contributed by atoms with Crippen LogP contribution in [0.5, 0.6) is 0 Å². The van der Waals surface area contributed by atoms with Gasteiger partial charge < -0.3 is 10.2 Å². The van der Waals surface area contributed by atoms with Crippen LogP contribution in [0.2, 0.25) is 0 Å². The number of hydrogen-bond donors (Lipinski definition) is 1. The Bertz CT molecular complexity index is 1270. The van der Waals surface area contributed by atoms with Crippen molar-refractivity contribution in [1.82, 2.24) is 9.97 Å². The van der Waals surface area contributed by atoms with Crippen LogP contribution in [0.4, 0.5) is 10.8 Å². The van der Waals surface area contributed by atoms with Crippen molar-refractivity contribution in [3.05, 3.63) is 72.1 Å². The number of nitrogens with one attached hydrogen (secondary N) is 1. The van der Waals surface area contributed by atoms with E-state index in [1.54, 1.807) is 0 Å². The molecule has 1 amide bonds. The van der Waals surface area contributed by atoms with Crippen molar-refractivity contribution in [2.45, 2.75) is 39.5 Å². The molecule has 0 aliphatic rings. The highest BCUT2D eigenvalue weighted by Gasteiger charge is 2.13. The van der Waals surface area contributed by atoms with Gasteiger partial charge in [0.2, 0.25) is 5.91 Å². The zero-order chi connectivity index (χ0) is 23.6. The number of likely N-dealkylation sites (N-methyl/N-ethyl adjacent to an activating group) is 1. The second kappa shape index (κ2) is 9.32. The van der Waals surface area contributed by atoms with Gasteiger partial charge in [0, 0.05) is 32.3 Å². The SMILES string of the molecule is CC(=O)Nc1nc2ccc(-c3cncc(N(C)CCc4ccc(C(C)(C)C)cc4)c3)cc2s1. The molecule has 33 heavy (non-hydrogen) atoms. The van der Waals surface area contributed by atoms with Gasteiger partial charge in [-0.25, -0.2) is 4.98 Å². The second-order valence-electron chi connectivity index (χ2n) is 9.43. The summed E-state index contributed by atoms with van der Waals surface area (Å²) in [5.74, 6) is -0.112. The fourth-order valence-corrected chi connectivity index (χ4v) is 4.65. The predicted molar refractivity (Wildman–Crippen MR) is 139 cm³/mol. The van der Waals surface area contributed by atoms with Crippen molar-refractivity contribution in [2.75, 3.05) is 23.8 Å². The molecule has 6 heteroatoms. The average molecular weight is 459 g/mol. The fourth-order valence-electron chi connectivity index (χ4n) is 3.70. The van der Waals surface area contributed by atoms with Gasteiger partial charge in [-0.15, -0.1) is 0 Å². The standard InChI is InChI=1S/C27H30N4OS/c1-18(32)29-26-30-24-11-8-20(15-25(24)33-26)21-14-23(17-28-16-21)31(5)13-12-19-6-9-22(10-7-19)27(2,3)4/h6-11,14-17H,12-13H2,1-5H3,(H,29,30,32). The molecule has 1 N–H and O–H groups in total. The van der Waals surface area contributed by atoms with Crippen molar-refractivity contribution < 1.29 is 4.79 Å². The van der Waals surface area contributed by atoms with E-state index in [-0.39, 0.29) is 11.3 Å². The Morgan fingerprint density at radius 1 is 1.03 bits per heavy atom. The first-order chi connectivity index (χ1) is 15.7. The molecule has 4 aromatic rings. The van der Waals surface area contributed by atoms with Crippen LogP contribution in [0, 0.1) is 0 Å². The minimum Gasteiger partial charge on any atom is -0.373 e. The van der Waals surface area contributed by atoms with E-state index in [2.05, 4.69) is 90.5 Å². The molecule has 2 aromatic heterocycles. The van der Waals surface area contributed by atoms with Gasteiger partial charge in [-0.05, 0) is 46.7 Å². The number of carbonyl (C=O) groups excluding carboxylic acids is 1. The topological polar surface area (TPSA) is 58.1 Å². The number of fused-ring (bicyclic) bond motifs is 1. The zero-order valence-corrected chi connectivity index (χ0v) is 20.7. The Morgan fingerprint density at radius 2 is 1.79 bits per heavy atom. The molecule has 2 heterocycles. The zero-order valence-electron chi connectivity index (χ0n) is 19.8. The largest absolute Gasteiger partial charge is 0.373 e. The molecule has 2 aromatic carbocycles. The Hall–Kier alpha value is -3.25. The Morgan fingerprint density at radius 3 is 2.48 bits per heavy atom. The first kappa shape index (κ1) is 22.9. The lowest BCUT2D eigenvalue weighted by atomic mass is 9.86. The molecule has 0 aliphatic heterocycles. The summed E-state index contributed by atoms with van der Waals surface area (Å²) in [6.45, 7) is 9.12. The predicted octanol–water partition coefficient (Wildman–Crippen LogP) is 6.29.